The molecule has 0 saturated heterocycles. The third-order valence-corrected chi connectivity index (χ3v) is 4.25. The normalized spacial score (nSPS) is 16.0. The van der Waals surface area contributed by atoms with Gasteiger partial charge in [-0.3, -0.25) is 4.84 Å². The Balaban J connectivity index is 1.44. The molecular formula is C22H15F4NO3. The molecule has 0 bridgehead atoms. The SMILES string of the molecule is Fc1ccc(OC2=C[C@@H](c3ccc(Oc4ccccc4)cc3)ON2)cc1C(F)(F)F. The number of benzene rings is 3. The number of hydroxylamine groups is 1. The summed E-state index contributed by atoms with van der Waals surface area (Å²) in [6, 6.07) is 18.8. The molecule has 1 atom stereocenters. The van der Waals surface area contributed by atoms with Gasteiger partial charge in [-0.05, 0) is 48.0 Å². The fraction of sp³-hybridized carbons (Fsp3) is 0.0909. The van der Waals surface area contributed by atoms with E-state index in [4.69, 9.17) is 14.3 Å². The molecule has 0 fully saturated rings. The highest BCUT2D eigenvalue weighted by atomic mass is 19.4. The molecule has 3 aromatic rings. The molecule has 0 saturated carbocycles. The lowest BCUT2D eigenvalue weighted by atomic mass is 10.1. The maximum Gasteiger partial charge on any atom is 0.419 e. The van der Waals surface area contributed by atoms with Gasteiger partial charge < -0.3 is 9.47 Å². The van der Waals surface area contributed by atoms with Gasteiger partial charge in [0, 0.05) is 6.08 Å². The molecule has 1 N–H and O–H groups in total. The zero-order chi connectivity index (χ0) is 21.1. The van der Waals surface area contributed by atoms with E-state index < -0.39 is 23.7 Å². The van der Waals surface area contributed by atoms with Crippen molar-refractivity contribution >= 4 is 0 Å². The highest BCUT2D eigenvalue weighted by Gasteiger charge is 2.34. The first kappa shape index (κ1) is 19.8. The molecule has 0 aromatic heterocycles. The lowest BCUT2D eigenvalue weighted by Gasteiger charge is -2.11. The van der Waals surface area contributed by atoms with E-state index in [1.165, 1.54) is 0 Å². The van der Waals surface area contributed by atoms with Gasteiger partial charge in [0.15, 0.2) is 0 Å². The standard InChI is InChI=1S/C22H15F4NO3/c23-19-11-10-17(12-18(19)22(24,25)26)29-21-13-20(30-27-21)14-6-8-16(9-7-14)28-15-4-2-1-3-5-15/h1-13,20,27H/t20-/m0/s1. The van der Waals surface area contributed by atoms with Crippen molar-refractivity contribution in [1.82, 2.24) is 5.48 Å². The Morgan fingerprint density at radius 1 is 0.800 bits per heavy atom. The molecule has 0 radical (unpaired) electrons. The van der Waals surface area contributed by atoms with Gasteiger partial charge in [0.25, 0.3) is 0 Å². The second kappa shape index (κ2) is 8.08. The highest BCUT2D eigenvalue weighted by molar-refractivity contribution is 5.36. The summed E-state index contributed by atoms with van der Waals surface area (Å²) in [5, 5.41) is 0. The first-order valence-corrected chi connectivity index (χ1v) is 8.89. The number of ether oxygens (including phenoxy) is 2. The van der Waals surface area contributed by atoms with Gasteiger partial charge in [-0.2, -0.15) is 13.2 Å². The van der Waals surface area contributed by atoms with Gasteiger partial charge in [0.05, 0.1) is 5.56 Å². The van der Waals surface area contributed by atoms with Crippen LogP contribution in [0.5, 0.6) is 17.2 Å². The second-order valence-electron chi connectivity index (χ2n) is 6.40. The van der Waals surface area contributed by atoms with E-state index in [2.05, 4.69) is 5.48 Å². The fourth-order valence-corrected chi connectivity index (χ4v) is 2.81. The summed E-state index contributed by atoms with van der Waals surface area (Å²) < 4.78 is 63.0. The minimum Gasteiger partial charge on any atom is -0.457 e. The average molecular weight is 417 g/mol. The van der Waals surface area contributed by atoms with Gasteiger partial charge >= 0.3 is 6.18 Å². The average Bonchev–Trinajstić information content (AvgIpc) is 3.18. The predicted molar refractivity (Wildman–Crippen MR) is 100 cm³/mol. The van der Waals surface area contributed by atoms with Crippen LogP contribution in [0.4, 0.5) is 17.6 Å². The van der Waals surface area contributed by atoms with E-state index in [-0.39, 0.29) is 11.6 Å². The van der Waals surface area contributed by atoms with Crippen molar-refractivity contribution in [2.24, 2.45) is 0 Å². The quantitative estimate of drug-likeness (QED) is 0.507. The summed E-state index contributed by atoms with van der Waals surface area (Å²) >= 11 is 0. The molecule has 30 heavy (non-hydrogen) atoms. The largest absolute Gasteiger partial charge is 0.457 e. The van der Waals surface area contributed by atoms with E-state index in [0.717, 1.165) is 11.6 Å². The monoisotopic (exact) mass is 417 g/mol. The van der Waals surface area contributed by atoms with Crippen LogP contribution in [0.1, 0.15) is 17.2 Å². The first-order valence-electron chi connectivity index (χ1n) is 8.89. The summed E-state index contributed by atoms with van der Waals surface area (Å²) in [4.78, 5) is 5.40. The Hall–Kier alpha value is -3.52. The molecule has 154 valence electrons. The molecule has 1 aliphatic rings. The van der Waals surface area contributed by atoms with E-state index >= 15 is 0 Å². The Bertz CT molecular complexity index is 1050. The Labute approximate surface area is 169 Å². The van der Waals surface area contributed by atoms with Crippen molar-refractivity contribution in [3.8, 4) is 17.2 Å². The van der Waals surface area contributed by atoms with E-state index in [0.29, 0.717) is 23.6 Å². The van der Waals surface area contributed by atoms with Gasteiger partial charge in [0.1, 0.15) is 29.2 Å². The molecule has 4 rings (SSSR count). The zero-order valence-corrected chi connectivity index (χ0v) is 15.3. The summed E-state index contributed by atoms with van der Waals surface area (Å²) in [7, 11) is 0. The van der Waals surface area contributed by atoms with Crippen molar-refractivity contribution in [1.29, 1.82) is 0 Å². The van der Waals surface area contributed by atoms with Crippen LogP contribution in [0.15, 0.2) is 84.8 Å². The number of nitrogens with one attached hydrogen (secondary N) is 1. The van der Waals surface area contributed by atoms with Crippen LogP contribution in [0, 0.1) is 5.82 Å². The molecule has 0 amide bonds. The number of halogens is 4. The molecule has 8 heteroatoms. The van der Waals surface area contributed by atoms with Crippen molar-refractivity contribution in [2.45, 2.75) is 12.3 Å². The van der Waals surface area contributed by atoms with Crippen LogP contribution in [0.3, 0.4) is 0 Å². The Morgan fingerprint density at radius 2 is 1.47 bits per heavy atom. The summed E-state index contributed by atoms with van der Waals surface area (Å²) in [6.45, 7) is 0. The van der Waals surface area contributed by atoms with Gasteiger partial charge in [-0.1, -0.05) is 30.3 Å². The number of alkyl halides is 3. The van der Waals surface area contributed by atoms with Crippen LogP contribution in [0.25, 0.3) is 0 Å². The summed E-state index contributed by atoms with van der Waals surface area (Å²) in [5.41, 5.74) is 1.89. The van der Waals surface area contributed by atoms with Gasteiger partial charge in [0.2, 0.25) is 5.88 Å². The van der Waals surface area contributed by atoms with Gasteiger partial charge in [-0.15, -0.1) is 0 Å². The summed E-state index contributed by atoms with van der Waals surface area (Å²) in [6.07, 6.45) is -3.78. The van der Waals surface area contributed by atoms with Crippen LogP contribution in [-0.2, 0) is 11.0 Å². The fourth-order valence-electron chi connectivity index (χ4n) is 2.81. The highest BCUT2D eigenvalue weighted by Crippen LogP contribution is 2.34. The lowest BCUT2D eigenvalue weighted by Crippen LogP contribution is -2.13. The minimum absolute atomic E-state index is 0.101. The molecule has 4 nitrogen and oxygen atoms in total. The van der Waals surface area contributed by atoms with Crippen LogP contribution < -0.4 is 15.0 Å². The zero-order valence-electron chi connectivity index (χ0n) is 15.3. The molecule has 1 aliphatic heterocycles. The van der Waals surface area contributed by atoms with Gasteiger partial charge in [-0.25, -0.2) is 9.87 Å². The molecule has 0 aliphatic carbocycles. The van der Waals surface area contributed by atoms with Crippen molar-refractivity contribution in [3.63, 3.8) is 0 Å². The lowest BCUT2D eigenvalue weighted by molar-refractivity contribution is -0.140. The van der Waals surface area contributed by atoms with Crippen molar-refractivity contribution < 1.29 is 31.9 Å². The minimum atomic E-state index is -4.82. The van der Waals surface area contributed by atoms with E-state index in [1.54, 1.807) is 30.3 Å². The number of para-hydroxylation sites is 1. The first-order chi connectivity index (χ1) is 14.4. The number of rotatable bonds is 5. The third-order valence-electron chi connectivity index (χ3n) is 4.25. The Morgan fingerprint density at radius 3 is 2.17 bits per heavy atom. The van der Waals surface area contributed by atoms with Crippen molar-refractivity contribution in [2.75, 3.05) is 0 Å². The predicted octanol–water partition coefficient (Wildman–Crippen LogP) is 6.13. The molecule has 1 heterocycles. The van der Waals surface area contributed by atoms with E-state index in [9.17, 15) is 17.6 Å². The Kier molecular flexibility index (Phi) is 5.33. The van der Waals surface area contributed by atoms with Crippen LogP contribution in [-0.4, -0.2) is 0 Å². The third kappa shape index (κ3) is 4.55. The molecule has 3 aromatic carbocycles. The van der Waals surface area contributed by atoms with Crippen molar-refractivity contribution in [3.05, 3.63) is 102 Å². The summed E-state index contributed by atoms with van der Waals surface area (Å²) in [5.74, 6) is -0.0858. The van der Waals surface area contributed by atoms with Crippen LogP contribution in [0.2, 0.25) is 0 Å². The maximum atomic E-state index is 13.4. The molecule has 0 spiro atoms. The second-order valence-corrected chi connectivity index (χ2v) is 6.40. The number of hydrogen-bond acceptors (Lipinski definition) is 4. The topological polar surface area (TPSA) is 39.7 Å². The smallest absolute Gasteiger partial charge is 0.419 e. The van der Waals surface area contributed by atoms with Crippen LogP contribution >= 0.6 is 0 Å². The number of hydrogen-bond donors (Lipinski definition) is 1. The van der Waals surface area contributed by atoms with E-state index in [1.807, 2.05) is 30.3 Å². The molecular weight excluding hydrogens is 402 g/mol. The molecule has 0 unspecified atom stereocenters. The maximum absolute atomic E-state index is 13.4.